The summed E-state index contributed by atoms with van der Waals surface area (Å²) >= 11 is 18.5. The molecule has 0 bridgehead atoms. The van der Waals surface area contributed by atoms with Crippen LogP contribution in [-0.2, 0) is 4.79 Å². The van der Waals surface area contributed by atoms with Crippen LogP contribution in [0.1, 0.15) is 0 Å². The Morgan fingerprint density at radius 3 is 2.68 bits per heavy atom. The molecule has 0 aliphatic rings. The summed E-state index contributed by atoms with van der Waals surface area (Å²) in [7, 11) is 0. The highest BCUT2D eigenvalue weighted by atomic mass is 35.5. The molecule has 1 amide bonds. The van der Waals surface area contributed by atoms with Gasteiger partial charge in [0.15, 0.2) is 16.9 Å². The zero-order valence-corrected chi connectivity index (χ0v) is 19.0. The first-order chi connectivity index (χ1) is 15.0. The van der Waals surface area contributed by atoms with Gasteiger partial charge in [0, 0.05) is 16.0 Å². The highest BCUT2D eigenvalue weighted by Crippen LogP contribution is 2.28. The van der Waals surface area contributed by atoms with Crippen LogP contribution in [0.3, 0.4) is 0 Å². The van der Waals surface area contributed by atoms with E-state index in [-0.39, 0.29) is 11.7 Å². The van der Waals surface area contributed by atoms with Crippen LogP contribution >= 0.6 is 46.8 Å². The molecule has 0 atom stereocenters. The van der Waals surface area contributed by atoms with Crippen molar-refractivity contribution >= 4 is 73.7 Å². The Kier molecular flexibility index (Phi) is 6.67. The van der Waals surface area contributed by atoms with E-state index < -0.39 is 5.91 Å². The Bertz CT molecular complexity index is 1280. The number of amides is 1. The van der Waals surface area contributed by atoms with Gasteiger partial charge in [0.2, 0.25) is 0 Å². The molecular weight excluding hydrogens is 473 g/mol. The van der Waals surface area contributed by atoms with Crippen molar-refractivity contribution in [2.75, 3.05) is 11.9 Å². The number of nitrogens with zero attached hydrogens (tertiary/aromatic N) is 1. The van der Waals surface area contributed by atoms with E-state index in [0.717, 1.165) is 16.6 Å². The minimum absolute atomic E-state index is 0.134. The third kappa shape index (κ3) is 5.51. The fourth-order valence-electron chi connectivity index (χ4n) is 2.84. The summed E-state index contributed by atoms with van der Waals surface area (Å²) in [5, 5.41) is 11.3. The van der Waals surface area contributed by atoms with E-state index in [2.05, 4.69) is 39.9 Å². The second kappa shape index (κ2) is 9.62. The number of thiazole rings is 1. The van der Waals surface area contributed by atoms with Gasteiger partial charge in [0.25, 0.3) is 5.91 Å². The topological polar surface area (TPSA) is 63.2 Å². The molecule has 5 nitrogen and oxygen atoms in total. The van der Waals surface area contributed by atoms with Crippen molar-refractivity contribution in [1.29, 1.82) is 0 Å². The van der Waals surface area contributed by atoms with Gasteiger partial charge in [-0.2, -0.15) is 0 Å². The number of aromatic nitrogens is 1. The van der Waals surface area contributed by atoms with Gasteiger partial charge in [0.05, 0.1) is 10.7 Å². The molecule has 4 rings (SSSR count). The zero-order chi connectivity index (χ0) is 21.8. The largest absolute Gasteiger partial charge is 0.482 e. The van der Waals surface area contributed by atoms with Crippen molar-refractivity contribution in [2.24, 2.45) is 0 Å². The van der Waals surface area contributed by atoms with Crippen LogP contribution in [-0.4, -0.2) is 22.6 Å². The smallest absolute Gasteiger partial charge is 0.264 e. The molecule has 0 aliphatic heterocycles. The van der Waals surface area contributed by atoms with Gasteiger partial charge in [0.1, 0.15) is 5.75 Å². The Morgan fingerprint density at radius 2 is 1.87 bits per heavy atom. The summed E-state index contributed by atoms with van der Waals surface area (Å²) in [6.07, 6.45) is 0. The maximum Gasteiger partial charge on any atom is 0.264 e. The number of anilines is 1. The summed E-state index contributed by atoms with van der Waals surface area (Å²) in [5.41, 5.74) is 1.83. The third-order valence-corrected chi connectivity index (χ3v) is 5.77. The summed E-state index contributed by atoms with van der Waals surface area (Å²) in [4.78, 5) is 16.7. The number of fused-ring (bicyclic) bond motifs is 1. The molecule has 0 saturated carbocycles. The molecule has 3 aromatic carbocycles. The second-order valence-electron chi connectivity index (χ2n) is 6.47. The summed E-state index contributed by atoms with van der Waals surface area (Å²) in [5.74, 6) is -0.0603. The normalized spacial score (nSPS) is 10.6. The molecule has 0 unspecified atom stereocenters. The van der Waals surface area contributed by atoms with Crippen molar-refractivity contribution in [2.45, 2.75) is 0 Å². The van der Waals surface area contributed by atoms with Crippen molar-refractivity contribution in [3.8, 4) is 17.0 Å². The number of ether oxygens (including phenoxy) is 1. The molecule has 0 spiro atoms. The van der Waals surface area contributed by atoms with Gasteiger partial charge in [-0.25, -0.2) is 4.98 Å². The molecule has 0 radical (unpaired) electrons. The van der Waals surface area contributed by atoms with Gasteiger partial charge >= 0.3 is 0 Å². The van der Waals surface area contributed by atoms with Crippen LogP contribution < -0.4 is 15.4 Å². The molecule has 0 aliphatic carbocycles. The number of benzene rings is 3. The molecule has 156 valence electrons. The predicted molar refractivity (Wildman–Crippen MR) is 131 cm³/mol. The Hall–Kier alpha value is -2.71. The van der Waals surface area contributed by atoms with E-state index in [4.69, 9.17) is 40.2 Å². The first-order valence-electron chi connectivity index (χ1n) is 9.11. The molecule has 1 heterocycles. The highest BCUT2D eigenvalue weighted by molar-refractivity contribution is 7.80. The average molecular weight is 488 g/mol. The van der Waals surface area contributed by atoms with Crippen LogP contribution in [0.2, 0.25) is 10.0 Å². The minimum atomic E-state index is -0.421. The predicted octanol–water partition coefficient (Wildman–Crippen LogP) is 6.16. The lowest BCUT2D eigenvalue weighted by molar-refractivity contribution is -0.121. The summed E-state index contributed by atoms with van der Waals surface area (Å²) in [6.45, 7) is -0.247. The van der Waals surface area contributed by atoms with Gasteiger partial charge in [-0.05, 0) is 47.3 Å². The second-order valence-corrected chi connectivity index (χ2v) is 8.58. The Morgan fingerprint density at radius 1 is 1.06 bits per heavy atom. The van der Waals surface area contributed by atoms with Crippen molar-refractivity contribution in [3.05, 3.63) is 76.1 Å². The van der Waals surface area contributed by atoms with Crippen molar-refractivity contribution in [3.63, 3.8) is 0 Å². The minimum Gasteiger partial charge on any atom is -0.482 e. The van der Waals surface area contributed by atoms with Crippen LogP contribution in [0.4, 0.5) is 5.13 Å². The van der Waals surface area contributed by atoms with Crippen LogP contribution in [0, 0.1) is 0 Å². The number of thiocarbonyl (C=S) groups is 1. The maximum atomic E-state index is 12.1. The van der Waals surface area contributed by atoms with Crippen molar-refractivity contribution in [1.82, 2.24) is 10.3 Å². The fourth-order valence-corrected chi connectivity index (χ4v) is 4.30. The monoisotopic (exact) mass is 487 g/mol. The first-order valence-corrected chi connectivity index (χ1v) is 11.2. The lowest BCUT2D eigenvalue weighted by Crippen LogP contribution is -2.37. The molecule has 4 aromatic rings. The SMILES string of the molecule is O=C(COc1ccc(Cl)cc1Cl)NC(=S)Nc1nc(-c2ccc3ccccc3c2)cs1. The fraction of sp³-hybridized carbons (Fsp3) is 0.0455. The van der Waals surface area contributed by atoms with E-state index in [9.17, 15) is 4.79 Å². The van der Waals surface area contributed by atoms with E-state index in [1.165, 1.54) is 22.8 Å². The maximum absolute atomic E-state index is 12.1. The number of halogens is 2. The number of hydrogen-bond acceptors (Lipinski definition) is 5. The Balaban J connectivity index is 1.33. The highest BCUT2D eigenvalue weighted by Gasteiger charge is 2.11. The van der Waals surface area contributed by atoms with E-state index in [1.54, 1.807) is 12.1 Å². The standard InChI is InChI=1S/C22H15Cl2N3O2S2/c23-16-7-8-19(17(24)10-16)29-11-20(28)26-21(30)27-22-25-18(12-31-22)15-6-5-13-3-1-2-4-14(13)9-15/h1-10,12H,11H2,(H2,25,26,27,28,30). The van der Waals surface area contributed by atoms with Gasteiger partial charge in [-0.15, -0.1) is 11.3 Å². The molecule has 0 fully saturated rings. The van der Waals surface area contributed by atoms with Gasteiger partial charge in [-0.3, -0.25) is 10.1 Å². The van der Waals surface area contributed by atoms with E-state index >= 15 is 0 Å². The zero-order valence-electron chi connectivity index (χ0n) is 15.9. The van der Waals surface area contributed by atoms with Crippen LogP contribution in [0.25, 0.3) is 22.0 Å². The number of rotatable bonds is 5. The lowest BCUT2D eigenvalue weighted by atomic mass is 10.1. The number of carbonyl (C=O) groups is 1. The first kappa shape index (κ1) is 21.5. The number of carbonyl (C=O) groups excluding carboxylic acids is 1. The molecule has 31 heavy (non-hydrogen) atoms. The Labute approximate surface area is 198 Å². The van der Waals surface area contributed by atoms with Crippen LogP contribution in [0.15, 0.2) is 66.0 Å². The number of hydrogen-bond donors (Lipinski definition) is 2. The molecular formula is C22H15Cl2N3O2S2. The van der Waals surface area contributed by atoms with Crippen molar-refractivity contribution < 1.29 is 9.53 Å². The molecule has 1 aromatic heterocycles. The lowest BCUT2D eigenvalue weighted by Gasteiger charge is -2.10. The molecule has 9 heteroatoms. The summed E-state index contributed by atoms with van der Waals surface area (Å²) in [6, 6.07) is 19.1. The summed E-state index contributed by atoms with van der Waals surface area (Å²) < 4.78 is 5.40. The third-order valence-electron chi connectivity index (χ3n) is 4.28. The quantitative estimate of drug-likeness (QED) is 0.330. The number of nitrogens with one attached hydrogen (secondary N) is 2. The van der Waals surface area contributed by atoms with E-state index in [0.29, 0.717) is 20.9 Å². The van der Waals surface area contributed by atoms with Gasteiger partial charge < -0.3 is 10.1 Å². The van der Waals surface area contributed by atoms with Gasteiger partial charge in [-0.1, -0.05) is 59.6 Å². The average Bonchev–Trinajstić information content (AvgIpc) is 3.21. The molecule has 0 saturated heterocycles. The van der Waals surface area contributed by atoms with E-state index in [1.807, 2.05) is 23.6 Å². The molecule has 2 N–H and O–H groups in total. The van der Waals surface area contributed by atoms with Crippen LogP contribution in [0.5, 0.6) is 5.75 Å².